The molecule has 0 aliphatic carbocycles. The molecule has 0 saturated carbocycles. The van der Waals surface area contributed by atoms with Gasteiger partial charge in [-0.05, 0) is 87.6 Å². The number of thiophene rings is 1. The summed E-state index contributed by atoms with van der Waals surface area (Å²) in [5.41, 5.74) is 2.44. The number of carbonyl (C=O) groups is 2. The van der Waals surface area contributed by atoms with E-state index in [4.69, 9.17) is 4.98 Å². The first-order valence-electron chi connectivity index (χ1n) is 15.1. The van der Waals surface area contributed by atoms with Gasteiger partial charge >= 0.3 is 0 Å². The van der Waals surface area contributed by atoms with Gasteiger partial charge in [-0.3, -0.25) is 9.59 Å². The number of rotatable bonds is 11. The number of nitrogens with one attached hydrogen (secondary N) is 2. The fraction of sp³-hybridized carbons (Fsp3) is 0.594. The Kier molecular flexibility index (Phi) is 8.95. The number of piperidine rings is 1. The van der Waals surface area contributed by atoms with E-state index in [1.54, 1.807) is 11.3 Å². The second-order valence-corrected chi connectivity index (χ2v) is 13.2. The first kappa shape index (κ1) is 28.8. The average molecular weight is 564 g/mol. The fourth-order valence-corrected chi connectivity index (χ4v) is 7.52. The lowest BCUT2D eigenvalue weighted by molar-refractivity contribution is -0.124. The molecule has 3 atom stereocenters. The van der Waals surface area contributed by atoms with Crippen molar-refractivity contribution < 1.29 is 9.59 Å². The highest BCUT2D eigenvalue weighted by atomic mass is 32.1. The molecule has 2 unspecified atom stereocenters. The van der Waals surface area contributed by atoms with E-state index in [1.807, 2.05) is 18.2 Å². The van der Waals surface area contributed by atoms with Gasteiger partial charge in [-0.1, -0.05) is 33.8 Å². The summed E-state index contributed by atoms with van der Waals surface area (Å²) in [6, 6.07) is 11.1. The maximum absolute atomic E-state index is 13.5. The topological polar surface area (TPSA) is 79.3 Å². The number of aromatic nitrogens is 2. The van der Waals surface area contributed by atoms with Crippen molar-refractivity contribution in [1.82, 2.24) is 25.1 Å². The van der Waals surface area contributed by atoms with Crippen molar-refractivity contribution in [2.75, 3.05) is 7.05 Å². The van der Waals surface area contributed by atoms with Crippen LogP contribution in [0.3, 0.4) is 0 Å². The van der Waals surface area contributed by atoms with Crippen LogP contribution >= 0.6 is 11.3 Å². The molecule has 5 rings (SSSR count). The van der Waals surface area contributed by atoms with Gasteiger partial charge in [-0.15, -0.1) is 11.3 Å². The van der Waals surface area contributed by atoms with Crippen LogP contribution in [0.25, 0.3) is 11.0 Å². The molecule has 2 N–H and O–H groups in total. The predicted octanol–water partition coefficient (Wildman–Crippen LogP) is 5.94. The van der Waals surface area contributed by atoms with Gasteiger partial charge in [-0.2, -0.15) is 0 Å². The van der Waals surface area contributed by atoms with Crippen LogP contribution in [0, 0.1) is 5.92 Å². The quantitative estimate of drug-likeness (QED) is 0.303. The monoisotopic (exact) mass is 563 g/mol. The Bertz CT molecular complexity index is 1300. The molecule has 2 bridgehead atoms. The van der Waals surface area contributed by atoms with Gasteiger partial charge in [0.15, 0.2) is 0 Å². The zero-order chi connectivity index (χ0) is 28.4. The number of amides is 2. The third kappa shape index (κ3) is 6.13. The predicted molar refractivity (Wildman–Crippen MR) is 163 cm³/mol. The van der Waals surface area contributed by atoms with Gasteiger partial charge in [0.05, 0.1) is 11.0 Å². The van der Waals surface area contributed by atoms with Gasteiger partial charge in [0, 0.05) is 41.0 Å². The molecule has 8 heteroatoms. The highest BCUT2D eigenvalue weighted by Gasteiger charge is 2.39. The molecule has 0 spiro atoms. The second kappa shape index (κ2) is 12.4. The van der Waals surface area contributed by atoms with E-state index in [1.165, 1.54) is 17.7 Å². The van der Waals surface area contributed by atoms with Crippen LogP contribution in [-0.2, 0) is 11.2 Å². The number of hydrogen-bond acceptors (Lipinski definition) is 5. The van der Waals surface area contributed by atoms with Crippen LogP contribution in [0.4, 0.5) is 0 Å². The Morgan fingerprint density at radius 3 is 2.45 bits per heavy atom. The molecule has 40 heavy (non-hydrogen) atoms. The number of nitrogens with zero attached hydrogens (tertiary/aromatic N) is 3. The van der Waals surface area contributed by atoms with E-state index in [0.717, 1.165) is 49.0 Å². The molecular weight excluding hydrogens is 518 g/mol. The summed E-state index contributed by atoms with van der Waals surface area (Å²) in [6.45, 7) is 8.61. The van der Waals surface area contributed by atoms with E-state index >= 15 is 0 Å². The van der Waals surface area contributed by atoms with E-state index in [-0.39, 0.29) is 23.8 Å². The van der Waals surface area contributed by atoms with Crippen LogP contribution in [0.15, 0.2) is 35.7 Å². The van der Waals surface area contributed by atoms with Crippen LogP contribution < -0.4 is 10.6 Å². The Balaban J connectivity index is 1.34. The number of carbonyl (C=O) groups excluding carboxylic acids is 2. The number of fused-ring (bicyclic) bond motifs is 3. The number of imidazole rings is 1. The maximum Gasteiger partial charge on any atom is 0.252 e. The van der Waals surface area contributed by atoms with Crippen molar-refractivity contribution >= 4 is 34.2 Å². The van der Waals surface area contributed by atoms with Crippen molar-refractivity contribution in [3.05, 3.63) is 52.0 Å². The minimum atomic E-state index is -0.558. The molecule has 2 amide bonds. The maximum atomic E-state index is 13.5. The Labute approximate surface area is 242 Å². The molecule has 2 aliphatic rings. The summed E-state index contributed by atoms with van der Waals surface area (Å²) >= 11 is 1.74. The minimum Gasteiger partial charge on any atom is -0.351 e. The molecule has 2 saturated heterocycles. The van der Waals surface area contributed by atoms with Crippen molar-refractivity contribution in [2.45, 2.75) is 109 Å². The zero-order valence-electron chi connectivity index (χ0n) is 24.7. The van der Waals surface area contributed by atoms with Crippen molar-refractivity contribution in [1.29, 1.82) is 0 Å². The van der Waals surface area contributed by atoms with Crippen molar-refractivity contribution in [3.8, 4) is 0 Å². The largest absolute Gasteiger partial charge is 0.351 e. The van der Waals surface area contributed by atoms with Gasteiger partial charge in [0.25, 0.3) is 5.91 Å². The minimum absolute atomic E-state index is 0.0617. The summed E-state index contributed by atoms with van der Waals surface area (Å²) in [5.74, 6) is 1.03. The lowest BCUT2D eigenvalue weighted by Gasteiger charge is -2.37. The van der Waals surface area contributed by atoms with Crippen molar-refractivity contribution in [2.24, 2.45) is 5.92 Å². The van der Waals surface area contributed by atoms with Crippen LogP contribution in [-0.4, -0.2) is 57.5 Å². The summed E-state index contributed by atoms with van der Waals surface area (Å²) in [6.07, 6.45) is 7.83. The molecule has 7 nitrogen and oxygen atoms in total. The molecular formula is C32H45N5O2S. The molecule has 3 aromatic rings. The standard InChI is InChI=1S/C32H45N5O2S/c1-6-23(7-2)37-29-13-10-21(16-27(29)34-30(37)19-26-9-8-14-40-26)31(38)35-28(15-20(3)4)32(39)33-22-17-24-11-12-25(18-22)36(24)5/h8-10,13-14,16,20,22-25,28H,6-7,11-12,15,17-19H2,1-5H3,(H,33,39)(H,35,38)/t22?,24?,25?,28-/m0/s1. The average Bonchev–Trinajstić information content (AvgIpc) is 3.61. The Morgan fingerprint density at radius 2 is 1.82 bits per heavy atom. The summed E-state index contributed by atoms with van der Waals surface area (Å²) in [7, 11) is 2.21. The molecule has 1 aromatic carbocycles. The summed E-state index contributed by atoms with van der Waals surface area (Å²) in [4.78, 5) is 35.7. The second-order valence-electron chi connectivity index (χ2n) is 12.2. The number of benzene rings is 1. The molecule has 216 valence electrons. The molecule has 0 radical (unpaired) electrons. The Morgan fingerprint density at radius 1 is 1.10 bits per heavy atom. The molecule has 4 heterocycles. The van der Waals surface area contributed by atoms with Crippen LogP contribution in [0.1, 0.15) is 99.7 Å². The van der Waals surface area contributed by atoms with Gasteiger partial charge in [0.2, 0.25) is 5.91 Å². The van der Waals surface area contributed by atoms with Gasteiger partial charge in [-0.25, -0.2) is 4.98 Å². The van der Waals surface area contributed by atoms with E-state index in [0.29, 0.717) is 30.1 Å². The van der Waals surface area contributed by atoms with Crippen LogP contribution in [0.5, 0.6) is 0 Å². The first-order valence-corrected chi connectivity index (χ1v) is 16.0. The van der Waals surface area contributed by atoms with Crippen molar-refractivity contribution in [3.63, 3.8) is 0 Å². The fourth-order valence-electron chi connectivity index (χ4n) is 6.82. The Hall–Kier alpha value is -2.71. The number of hydrogen-bond donors (Lipinski definition) is 2. The van der Waals surface area contributed by atoms with E-state index in [2.05, 4.69) is 72.4 Å². The highest BCUT2D eigenvalue weighted by Crippen LogP contribution is 2.34. The lowest BCUT2D eigenvalue weighted by Crippen LogP contribution is -2.54. The van der Waals surface area contributed by atoms with E-state index < -0.39 is 6.04 Å². The smallest absolute Gasteiger partial charge is 0.252 e. The van der Waals surface area contributed by atoms with Gasteiger partial charge in [0.1, 0.15) is 11.9 Å². The third-order valence-corrected chi connectivity index (χ3v) is 9.89. The highest BCUT2D eigenvalue weighted by molar-refractivity contribution is 7.09. The SMILES string of the molecule is CCC(CC)n1c(Cc2cccs2)nc2cc(C(=O)N[C@@H](CC(C)C)C(=O)NC3CC4CCC(C3)N4C)ccc21. The zero-order valence-corrected chi connectivity index (χ0v) is 25.5. The third-order valence-electron chi connectivity index (χ3n) is 9.02. The molecule has 2 aromatic heterocycles. The van der Waals surface area contributed by atoms with Gasteiger partial charge < -0.3 is 20.1 Å². The molecule has 2 aliphatic heterocycles. The summed E-state index contributed by atoms with van der Waals surface area (Å²) in [5, 5.41) is 8.47. The summed E-state index contributed by atoms with van der Waals surface area (Å²) < 4.78 is 2.36. The lowest BCUT2D eigenvalue weighted by atomic mass is 9.96. The van der Waals surface area contributed by atoms with Crippen LogP contribution in [0.2, 0.25) is 0 Å². The normalized spacial score (nSPS) is 21.8. The molecule has 2 fully saturated rings. The first-order chi connectivity index (χ1) is 19.3. The van der Waals surface area contributed by atoms with E-state index in [9.17, 15) is 9.59 Å².